The number of rotatable bonds is 7. The minimum atomic E-state index is -0.232. The number of ether oxygens (including phenoxy) is 1. The summed E-state index contributed by atoms with van der Waals surface area (Å²) in [5.41, 5.74) is 7.31. The zero-order valence-electron chi connectivity index (χ0n) is 14.7. The van der Waals surface area contributed by atoms with Gasteiger partial charge in [-0.05, 0) is 43.0 Å². The number of nitrogens with zero attached hydrogens (tertiary/aromatic N) is 1. The second-order valence-corrected chi connectivity index (χ2v) is 6.91. The first-order chi connectivity index (χ1) is 12.2. The molecule has 1 aromatic rings. The molecule has 0 aromatic heterocycles. The van der Waals surface area contributed by atoms with Crippen molar-refractivity contribution in [3.05, 3.63) is 29.8 Å². The molecule has 3 rings (SSSR count). The van der Waals surface area contributed by atoms with E-state index in [-0.39, 0.29) is 23.7 Å². The third-order valence-electron chi connectivity index (χ3n) is 5.06. The van der Waals surface area contributed by atoms with Crippen molar-refractivity contribution in [2.75, 3.05) is 39.9 Å². The number of methoxy groups -OCH3 is 1. The van der Waals surface area contributed by atoms with E-state index in [0.717, 1.165) is 44.8 Å². The van der Waals surface area contributed by atoms with Crippen LogP contribution in [0.25, 0.3) is 0 Å². The van der Waals surface area contributed by atoms with Gasteiger partial charge in [0.2, 0.25) is 5.91 Å². The summed E-state index contributed by atoms with van der Waals surface area (Å²) in [6.07, 6.45) is 1.82. The number of likely N-dealkylation sites (tertiary alicyclic amines) is 1. The van der Waals surface area contributed by atoms with Gasteiger partial charge in [-0.1, -0.05) is 12.1 Å². The molecule has 2 saturated heterocycles. The predicted molar refractivity (Wildman–Crippen MR) is 95.0 cm³/mol. The Bertz CT molecular complexity index is 566. The molecule has 25 heavy (non-hydrogen) atoms. The topological polar surface area (TPSA) is 85.9 Å². The Kier molecular flexibility index (Phi) is 6.25. The van der Waals surface area contributed by atoms with Crippen LogP contribution in [0.4, 0.5) is 0 Å². The van der Waals surface area contributed by atoms with Crippen LogP contribution in [0.1, 0.15) is 24.4 Å². The van der Waals surface area contributed by atoms with Gasteiger partial charge < -0.3 is 20.1 Å². The molecule has 3 atom stereocenters. The highest BCUT2D eigenvalue weighted by Gasteiger charge is 2.31. The number of nitrogens with one attached hydrogen (secondary N) is 3. The molecule has 0 saturated carbocycles. The highest BCUT2D eigenvalue weighted by molar-refractivity contribution is 5.82. The van der Waals surface area contributed by atoms with Crippen molar-refractivity contribution in [3.63, 3.8) is 0 Å². The third-order valence-corrected chi connectivity index (χ3v) is 5.06. The summed E-state index contributed by atoms with van der Waals surface area (Å²) in [6.45, 7) is 4.55. The summed E-state index contributed by atoms with van der Waals surface area (Å²) in [5, 5.41) is 12.5. The lowest BCUT2D eigenvalue weighted by molar-refractivity contribution is -0.123. The molecule has 7 heteroatoms. The minimum absolute atomic E-state index is 0.0455. The normalized spacial score (nSPS) is 26.8. The number of phenols is 1. The highest BCUT2D eigenvalue weighted by atomic mass is 16.5. The fourth-order valence-corrected chi connectivity index (χ4v) is 3.52. The van der Waals surface area contributed by atoms with Crippen molar-refractivity contribution in [3.8, 4) is 5.75 Å². The van der Waals surface area contributed by atoms with Crippen LogP contribution in [0.2, 0.25) is 0 Å². The molecule has 1 amide bonds. The van der Waals surface area contributed by atoms with Crippen LogP contribution in [-0.2, 0) is 9.53 Å². The number of aromatic hydroxyl groups is 1. The Labute approximate surface area is 148 Å². The Balaban J connectivity index is 1.40. The quantitative estimate of drug-likeness (QED) is 0.570. The maximum absolute atomic E-state index is 12.4. The van der Waals surface area contributed by atoms with Crippen molar-refractivity contribution >= 4 is 5.91 Å². The summed E-state index contributed by atoms with van der Waals surface area (Å²) in [5.74, 6) is 0.812. The first-order valence-corrected chi connectivity index (χ1v) is 8.94. The minimum Gasteiger partial charge on any atom is -0.508 e. The summed E-state index contributed by atoms with van der Waals surface area (Å²) in [7, 11) is 1.72. The zero-order valence-corrected chi connectivity index (χ0v) is 14.7. The van der Waals surface area contributed by atoms with E-state index < -0.39 is 0 Å². The van der Waals surface area contributed by atoms with E-state index >= 15 is 0 Å². The van der Waals surface area contributed by atoms with Crippen molar-refractivity contribution in [1.29, 1.82) is 0 Å². The number of amides is 1. The van der Waals surface area contributed by atoms with Gasteiger partial charge in [0, 0.05) is 32.8 Å². The number of hydrogen-bond donors (Lipinski definition) is 4. The highest BCUT2D eigenvalue weighted by Crippen LogP contribution is 2.24. The molecular formula is C18H28N4O3. The number of hydrazine groups is 1. The van der Waals surface area contributed by atoms with Crippen LogP contribution in [0.5, 0.6) is 5.75 Å². The lowest BCUT2D eigenvalue weighted by Crippen LogP contribution is -2.44. The summed E-state index contributed by atoms with van der Waals surface area (Å²) in [4.78, 5) is 14.8. The number of carbonyl (C=O) groups excluding carboxylic acids is 1. The average Bonchev–Trinajstić information content (AvgIpc) is 3.28. The molecule has 138 valence electrons. The van der Waals surface area contributed by atoms with Crippen molar-refractivity contribution in [2.24, 2.45) is 5.92 Å². The van der Waals surface area contributed by atoms with E-state index in [4.69, 9.17) is 4.74 Å². The van der Waals surface area contributed by atoms with Gasteiger partial charge in [-0.3, -0.25) is 4.79 Å². The maximum atomic E-state index is 12.4. The Morgan fingerprint density at radius 1 is 1.36 bits per heavy atom. The SMILES string of the molecule is COCCN1CCC(CNC(=O)C2CC(c3ccc(O)cc3)NN2)C1. The van der Waals surface area contributed by atoms with Crippen LogP contribution in [0, 0.1) is 5.92 Å². The first-order valence-electron chi connectivity index (χ1n) is 8.94. The lowest BCUT2D eigenvalue weighted by atomic mass is 10.0. The fraction of sp³-hybridized carbons (Fsp3) is 0.611. The van der Waals surface area contributed by atoms with Gasteiger partial charge in [0.05, 0.1) is 6.61 Å². The molecule has 2 heterocycles. The van der Waals surface area contributed by atoms with Gasteiger partial charge in [0.1, 0.15) is 11.8 Å². The molecule has 0 radical (unpaired) electrons. The summed E-state index contributed by atoms with van der Waals surface area (Å²) in [6, 6.07) is 6.93. The molecule has 4 N–H and O–H groups in total. The Morgan fingerprint density at radius 2 is 2.16 bits per heavy atom. The van der Waals surface area contributed by atoms with Gasteiger partial charge in [-0.2, -0.15) is 0 Å². The Hall–Kier alpha value is -1.67. The third kappa shape index (κ3) is 4.92. The molecule has 3 unspecified atom stereocenters. The van der Waals surface area contributed by atoms with E-state index in [0.29, 0.717) is 12.3 Å². The van der Waals surface area contributed by atoms with Crippen LogP contribution >= 0.6 is 0 Å². The Morgan fingerprint density at radius 3 is 2.92 bits per heavy atom. The molecule has 0 aliphatic carbocycles. The predicted octanol–water partition coefficient (Wildman–Crippen LogP) is 0.384. The van der Waals surface area contributed by atoms with E-state index in [2.05, 4.69) is 21.1 Å². The van der Waals surface area contributed by atoms with Gasteiger partial charge >= 0.3 is 0 Å². The maximum Gasteiger partial charge on any atom is 0.238 e. The van der Waals surface area contributed by atoms with Gasteiger partial charge in [-0.25, -0.2) is 10.9 Å². The van der Waals surface area contributed by atoms with Crippen LogP contribution < -0.4 is 16.2 Å². The summed E-state index contributed by atoms with van der Waals surface area (Å²) < 4.78 is 5.12. The lowest BCUT2D eigenvalue weighted by Gasteiger charge is -2.16. The van der Waals surface area contributed by atoms with E-state index in [9.17, 15) is 9.90 Å². The van der Waals surface area contributed by atoms with Crippen LogP contribution in [0.15, 0.2) is 24.3 Å². The largest absolute Gasteiger partial charge is 0.508 e. The molecule has 0 bridgehead atoms. The van der Waals surface area contributed by atoms with E-state index in [1.807, 2.05) is 12.1 Å². The van der Waals surface area contributed by atoms with Gasteiger partial charge in [0.25, 0.3) is 0 Å². The van der Waals surface area contributed by atoms with E-state index in [1.165, 1.54) is 0 Å². The molecule has 7 nitrogen and oxygen atoms in total. The average molecular weight is 348 g/mol. The smallest absolute Gasteiger partial charge is 0.238 e. The second-order valence-electron chi connectivity index (χ2n) is 6.91. The zero-order chi connectivity index (χ0) is 17.6. The number of benzene rings is 1. The second kappa shape index (κ2) is 8.62. The molecule has 2 aliphatic rings. The number of carbonyl (C=O) groups is 1. The molecule has 2 fully saturated rings. The molecular weight excluding hydrogens is 320 g/mol. The van der Waals surface area contributed by atoms with Gasteiger partial charge in [0.15, 0.2) is 0 Å². The molecule has 1 aromatic carbocycles. The monoisotopic (exact) mass is 348 g/mol. The van der Waals surface area contributed by atoms with Crippen molar-refractivity contribution < 1.29 is 14.6 Å². The van der Waals surface area contributed by atoms with Crippen molar-refractivity contribution in [2.45, 2.75) is 24.9 Å². The van der Waals surface area contributed by atoms with Crippen LogP contribution in [0.3, 0.4) is 0 Å². The number of phenolic OH excluding ortho intramolecular Hbond substituents is 1. The van der Waals surface area contributed by atoms with Gasteiger partial charge in [-0.15, -0.1) is 0 Å². The standard InChI is InChI=1S/C18H28N4O3/c1-25-9-8-22-7-6-13(12-22)11-19-18(24)17-10-16(20-21-17)14-2-4-15(23)5-3-14/h2-5,13,16-17,20-21,23H,6-12H2,1H3,(H,19,24). The van der Waals surface area contributed by atoms with Crippen molar-refractivity contribution in [1.82, 2.24) is 21.1 Å². The van der Waals surface area contributed by atoms with Crippen LogP contribution in [-0.4, -0.2) is 61.9 Å². The summed E-state index contributed by atoms with van der Waals surface area (Å²) >= 11 is 0. The molecule has 0 spiro atoms. The van der Waals surface area contributed by atoms with E-state index in [1.54, 1.807) is 19.2 Å². The molecule has 2 aliphatic heterocycles. The first kappa shape index (κ1) is 18.1. The fourth-order valence-electron chi connectivity index (χ4n) is 3.52. The number of hydrogen-bond acceptors (Lipinski definition) is 6.